The van der Waals surface area contributed by atoms with Gasteiger partial charge in [-0.05, 0) is 51.9 Å². The number of unbranched alkanes of at least 4 members (excludes halogenated alkanes) is 7. The first-order chi connectivity index (χ1) is 15.6. The maximum atomic E-state index is 12.6. The number of methoxy groups -OCH3 is 2. The second-order valence-electron chi connectivity index (χ2n) is 8.14. The van der Waals surface area contributed by atoms with Gasteiger partial charge in [0.25, 0.3) is 0 Å². The van der Waals surface area contributed by atoms with Crippen molar-refractivity contribution in [2.24, 2.45) is 0 Å². The molecule has 0 aliphatic heterocycles. The molecule has 0 bridgehead atoms. The van der Waals surface area contributed by atoms with E-state index in [0.717, 1.165) is 44.9 Å². The Hall–Kier alpha value is -2.36. The predicted molar refractivity (Wildman–Crippen MR) is 132 cm³/mol. The number of hydrogen-bond donors (Lipinski definition) is 0. The van der Waals surface area contributed by atoms with Crippen LogP contribution in [0.5, 0.6) is 0 Å². The molecule has 0 aromatic heterocycles. The van der Waals surface area contributed by atoms with Crippen LogP contribution in [0, 0.1) is 0 Å². The lowest BCUT2D eigenvalue weighted by atomic mass is 9.89. The third-order valence-corrected chi connectivity index (χ3v) is 5.67. The van der Waals surface area contributed by atoms with E-state index in [4.69, 9.17) is 9.47 Å². The maximum absolute atomic E-state index is 12.6. The molecule has 0 fully saturated rings. The first-order valence-electron chi connectivity index (χ1n) is 12.1. The molecule has 0 aromatic rings. The van der Waals surface area contributed by atoms with Crippen LogP contribution in [0.15, 0.2) is 59.1 Å². The van der Waals surface area contributed by atoms with E-state index in [-0.39, 0.29) is 23.1 Å². The quantitative estimate of drug-likeness (QED) is 0.134. The van der Waals surface area contributed by atoms with Gasteiger partial charge in [-0.15, -0.1) is 0 Å². The summed E-state index contributed by atoms with van der Waals surface area (Å²) >= 11 is 0. The smallest absolute Gasteiger partial charge is 0.228 e. The summed E-state index contributed by atoms with van der Waals surface area (Å²) in [5.74, 6) is -0.399. The summed E-state index contributed by atoms with van der Waals surface area (Å²) in [6, 6.07) is 0. The number of allylic oxidation sites excluding steroid dienone is 8. The standard InChI is InChI=1S/C28H42O4/c1-5-6-7-8-9-10-11-12-13-14-15-16-17-18-19-20-21-22-24-23(2)25(29)27(31-3)28(32-4)26(24)30/h6-7,9-10,12-13H,5,8,11,14-22H2,1-4H3. The fraction of sp³-hybridized carbons (Fsp3) is 0.571. The number of hydrogen-bond acceptors (Lipinski definition) is 4. The minimum absolute atomic E-state index is 0.0184. The lowest BCUT2D eigenvalue weighted by molar-refractivity contribution is -0.121. The van der Waals surface area contributed by atoms with E-state index in [9.17, 15) is 9.59 Å². The first kappa shape index (κ1) is 27.7. The number of carbonyl (C=O) groups excluding carboxylic acids is 2. The molecular weight excluding hydrogens is 400 g/mol. The number of ketones is 2. The summed E-state index contributed by atoms with van der Waals surface area (Å²) in [5.41, 5.74) is 1.07. The summed E-state index contributed by atoms with van der Waals surface area (Å²) < 4.78 is 10.2. The van der Waals surface area contributed by atoms with Gasteiger partial charge in [-0.3, -0.25) is 9.59 Å². The zero-order chi connectivity index (χ0) is 23.6. The molecule has 32 heavy (non-hydrogen) atoms. The van der Waals surface area contributed by atoms with Gasteiger partial charge >= 0.3 is 0 Å². The van der Waals surface area contributed by atoms with Crippen molar-refractivity contribution < 1.29 is 19.1 Å². The van der Waals surface area contributed by atoms with Crippen molar-refractivity contribution in [2.45, 2.75) is 90.9 Å². The Labute approximate surface area is 195 Å². The van der Waals surface area contributed by atoms with Crippen LogP contribution in [0.25, 0.3) is 0 Å². The second-order valence-corrected chi connectivity index (χ2v) is 8.14. The minimum Gasteiger partial charge on any atom is -0.489 e. The Morgan fingerprint density at radius 1 is 0.656 bits per heavy atom. The molecular formula is C28H42O4. The average molecular weight is 443 g/mol. The van der Waals surface area contributed by atoms with Crippen molar-refractivity contribution in [3.05, 3.63) is 59.1 Å². The molecule has 4 heteroatoms. The van der Waals surface area contributed by atoms with Gasteiger partial charge in [0, 0.05) is 11.1 Å². The summed E-state index contributed by atoms with van der Waals surface area (Å²) in [4.78, 5) is 25.0. The number of Topliss-reactive ketones (excluding diaryl/α,β-unsaturated/α-hetero) is 2. The molecule has 1 aliphatic carbocycles. The molecule has 0 radical (unpaired) electrons. The summed E-state index contributed by atoms with van der Waals surface area (Å²) in [7, 11) is 2.79. The van der Waals surface area contributed by atoms with Gasteiger partial charge in [0.05, 0.1) is 14.2 Å². The van der Waals surface area contributed by atoms with Gasteiger partial charge < -0.3 is 9.47 Å². The lowest BCUT2D eigenvalue weighted by Gasteiger charge is -2.20. The third-order valence-electron chi connectivity index (χ3n) is 5.67. The van der Waals surface area contributed by atoms with Gasteiger partial charge in [0.2, 0.25) is 23.1 Å². The van der Waals surface area contributed by atoms with Crippen molar-refractivity contribution in [2.75, 3.05) is 14.2 Å². The molecule has 1 aliphatic rings. The van der Waals surface area contributed by atoms with Gasteiger partial charge in [0.1, 0.15) is 0 Å². The Balaban J connectivity index is 2.11. The van der Waals surface area contributed by atoms with E-state index in [0.29, 0.717) is 17.6 Å². The maximum Gasteiger partial charge on any atom is 0.228 e. The third kappa shape index (κ3) is 9.84. The van der Waals surface area contributed by atoms with Crippen molar-refractivity contribution in [3.63, 3.8) is 0 Å². The van der Waals surface area contributed by atoms with E-state index in [2.05, 4.69) is 43.4 Å². The predicted octanol–water partition coefficient (Wildman–Crippen LogP) is 7.33. The first-order valence-corrected chi connectivity index (χ1v) is 12.1. The van der Waals surface area contributed by atoms with E-state index < -0.39 is 0 Å². The molecule has 4 nitrogen and oxygen atoms in total. The van der Waals surface area contributed by atoms with Crippen molar-refractivity contribution >= 4 is 11.6 Å². The Kier molecular flexibility index (Phi) is 14.9. The molecule has 0 unspecified atom stereocenters. The van der Waals surface area contributed by atoms with Gasteiger partial charge in [0.15, 0.2) is 0 Å². The van der Waals surface area contributed by atoms with Crippen molar-refractivity contribution in [1.29, 1.82) is 0 Å². The zero-order valence-electron chi connectivity index (χ0n) is 20.6. The highest BCUT2D eigenvalue weighted by Gasteiger charge is 2.34. The largest absolute Gasteiger partial charge is 0.489 e. The van der Waals surface area contributed by atoms with Crippen LogP contribution in [0.3, 0.4) is 0 Å². The molecule has 0 saturated carbocycles. The van der Waals surface area contributed by atoms with E-state index in [1.165, 1.54) is 39.9 Å². The molecule has 0 spiro atoms. The number of carbonyl (C=O) groups is 2. The van der Waals surface area contributed by atoms with Gasteiger partial charge in [-0.1, -0.05) is 75.5 Å². The minimum atomic E-state index is -0.242. The molecule has 0 aromatic carbocycles. The number of ether oxygens (including phenoxy) is 2. The van der Waals surface area contributed by atoms with Crippen molar-refractivity contribution in [3.8, 4) is 0 Å². The van der Waals surface area contributed by atoms with Gasteiger partial charge in [-0.2, -0.15) is 0 Å². The van der Waals surface area contributed by atoms with Crippen LogP contribution in [0.4, 0.5) is 0 Å². The molecule has 0 atom stereocenters. The second kappa shape index (κ2) is 17.2. The van der Waals surface area contributed by atoms with E-state index in [1.807, 2.05) is 0 Å². The van der Waals surface area contributed by atoms with Crippen LogP contribution in [0.2, 0.25) is 0 Å². The Morgan fingerprint density at radius 3 is 1.75 bits per heavy atom. The highest BCUT2D eigenvalue weighted by Crippen LogP contribution is 2.28. The van der Waals surface area contributed by atoms with Crippen LogP contribution in [0.1, 0.15) is 90.9 Å². The zero-order valence-corrected chi connectivity index (χ0v) is 20.6. The summed E-state index contributed by atoms with van der Waals surface area (Å²) in [6.07, 6.45) is 26.5. The monoisotopic (exact) mass is 442 g/mol. The molecule has 0 saturated heterocycles. The van der Waals surface area contributed by atoms with Gasteiger partial charge in [-0.25, -0.2) is 0 Å². The molecule has 0 amide bonds. The average Bonchev–Trinajstić information content (AvgIpc) is 2.80. The van der Waals surface area contributed by atoms with Crippen molar-refractivity contribution in [1.82, 2.24) is 0 Å². The normalized spacial score (nSPS) is 15.2. The van der Waals surface area contributed by atoms with E-state index >= 15 is 0 Å². The Morgan fingerprint density at radius 2 is 1.16 bits per heavy atom. The topological polar surface area (TPSA) is 52.6 Å². The van der Waals surface area contributed by atoms with Crippen LogP contribution in [-0.4, -0.2) is 25.8 Å². The summed E-state index contributed by atoms with van der Waals surface area (Å²) in [6.45, 7) is 3.86. The van der Waals surface area contributed by atoms with E-state index in [1.54, 1.807) is 6.92 Å². The van der Waals surface area contributed by atoms with Crippen LogP contribution < -0.4 is 0 Å². The van der Waals surface area contributed by atoms with Crippen LogP contribution >= 0.6 is 0 Å². The molecule has 0 N–H and O–H groups in total. The Bertz CT molecular complexity index is 735. The highest BCUT2D eigenvalue weighted by atomic mass is 16.5. The SMILES string of the molecule is CCC=CCC=CCC=CCCCCCCCCCC1=C(C)C(=O)C(OC)=C(OC)C1=O. The summed E-state index contributed by atoms with van der Waals surface area (Å²) in [5, 5.41) is 0. The number of rotatable bonds is 17. The van der Waals surface area contributed by atoms with Crippen LogP contribution in [-0.2, 0) is 19.1 Å². The lowest BCUT2D eigenvalue weighted by Crippen LogP contribution is -2.25. The highest BCUT2D eigenvalue weighted by molar-refractivity contribution is 6.23. The fourth-order valence-corrected chi connectivity index (χ4v) is 3.77. The fourth-order valence-electron chi connectivity index (χ4n) is 3.77. The molecule has 178 valence electrons. The molecule has 0 heterocycles. The molecule has 1 rings (SSSR count).